The summed E-state index contributed by atoms with van der Waals surface area (Å²) in [5.74, 6) is 0.838. The molecule has 0 saturated carbocycles. The molecule has 26 heavy (non-hydrogen) atoms. The first-order valence-corrected chi connectivity index (χ1v) is 9.90. The molecule has 2 aromatic heterocycles. The highest BCUT2D eigenvalue weighted by molar-refractivity contribution is 7.99. The Hall–Kier alpha value is -2.63. The number of aryl methyl sites for hydroxylation is 1. The van der Waals surface area contributed by atoms with Crippen LogP contribution in [0.15, 0.2) is 40.9 Å². The van der Waals surface area contributed by atoms with Crippen LogP contribution in [0.25, 0.3) is 11.4 Å². The number of hydrogen-bond acceptors (Lipinski definition) is 6. The van der Waals surface area contributed by atoms with E-state index in [1.165, 1.54) is 23.1 Å². The van der Waals surface area contributed by atoms with Gasteiger partial charge in [0.05, 0.1) is 11.3 Å². The number of benzene rings is 1. The lowest BCUT2D eigenvalue weighted by Crippen LogP contribution is -2.14. The van der Waals surface area contributed by atoms with Gasteiger partial charge >= 0.3 is 0 Å². The molecule has 0 bridgehead atoms. The molecule has 1 N–H and O–H groups in total. The van der Waals surface area contributed by atoms with Gasteiger partial charge < -0.3 is 9.88 Å². The molecule has 0 fully saturated rings. The van der Waals surface area contributed by atoms with Crippen molar-refractivity contribution in [1.82, 2.24) is 14.8 Å². The van der Waals surface area contributed by atoms with Crippen LogP contribution in [0.4, 0.5) is 5.00 Å². The maximum atomic E-state index is 12.2. The second kappa shape index (κ2) is 8.17. The van der Waals surface area contributed by atoms with Gasteiger partial charge in [-0.25, -0.2) is 0 Å². The van der Waals surface area contributed by atoms with E-state index in [0.29, 0.717) is 22.3 Å². The maximum absolute atomic E-state index is 12.2. The molecule has 132 valence electrons. The van der Waals surface area contributed by atoms with Crippen LogP contribution in [-0.4, -0.2) is 26.4 Å². The lowest BCUT2D eigenvalue weighted by Gasteiger charge is -2.09. The van der Waals surface area contributed by atoms with E-state index in [1.54, 1.807) is 11.4 Å². The summed E-state index contributed by atoms with van der Waals surface area (Å²) in [5.41, 5.74) is 2.65. The molecule has 0 aliphatic rings. The summed E-state index contributed by atoms with van der Waals surface area (Å²) in [6.45, 7) is 4.78. The Morgan fingerprint density at radius 1 is 1.35 bits per heavy atom. The average molecular weight is 384 g/mol. The van der Waals surface area contributed by atoms with Crippen molar-refractivity contribution in [3.63, 3.8) is 0 Å². The van der Waals surface area contributed by atoms with Gasteiger partial charge in [-0.1, -0.05) is 36.0 Å². The van der Waals surface area contributed by atoms with Gasteiger partial charge in [-0.3, -0.25) is 4.79 Å². The van der Waals surface area contributed by atoms with E-state index in [1.807, 2.05) is 42.7 Å². The SMILES string of the molecule is CCn1c(SCC(=O)Nc2sccc2C#N)nnc1-c1ccccc1C. The van der Waals surface area contributed by atoms with Crippen LogP contribution in [0.1, 0.15) is 18.1 Å². The fraction of sp³-hybridized carbons (Fsp3) is 0.222. The summed E-state index contributed by atoms with van der Waals surface area (Å²) in [6.07, 6.45) is 0. The highest BCUT2D eigenvalue weighted by Gasteiger charge is 2.16. The van der Waals surface area contributed by atoms with E-state index in [2.05, 4.69) is 21.6 Å². The molecule has 1 aromatic carbocycles. The summed E-state index contributed by atoms with van der Waals surface area (Å²) in [5, 5.41) is 23.4. The van der Waals surface area contributed by atoms with Crippen molar-refractivity contribution in [2.75, 3.05) is 11.1 Å². The minimum absolute atomic E-state index is 0.169. The number of nitrogens with zero attached hydrogens (tertiary/aromatic N) is 4. The Kier molecular flexibility index (Phi) is 5.71. The van der Waals surface area contributed by atoms with E-state index >= 15 is 0 Å². The zero-order valence-electron chi connectivity index (χ0n) is 14.4. The van der Waals surface area contributed by atoms with Crippen molar-refractivity contribution in [2.24, 2.45) is 0 Å². The highest BCUT2D eigenvalue weighted by Crippen LogP contribution is 2.27. The normalized spacial score (nSPS) is 10.5. The second-order valence-corrected chi connectivity index (χ2v) is 7.34. The van der Waals surface area contributed by atoms with Gasteiger partial charge in [0.2, 0.25) is 5.91 Å². The Labute approximate surface area is 159 Å². The first kappa shape index (κ1) is 18.2. The first-order chi connectivity index (χ1) is 12.6. The summed E-state index contributed by atoms with van der Waals surface area (Å²) in [7, 11) is 0. The van der Waals surface area contributed by atoms with Gasteiger partial charge in [-0.2, -0.15) is 5.26 Å². The molecule has 3 aromatic rings. The summed E-state index contributed by atoms with van der Waals surface area (Å²) in [6, 6.07) is 11.8. The number of anilines is 1. The number of carbonyl (C=O) groups is 1. The number of carbonyl (C=O) groups excluding carboxylic acids is 1. The Morgan fingerprint density at radius 2 is 2.15 bits per heavy atom. The molecule has 3 rings (SSSR count). The molecular weight excluding hydrogens is 366 g/mol. The van der Waals surface area contributed by atoms with Crippen LogP contribution >= 0.6 is 23.1 Å². The number of nitrogens with one attached hydrogen (secondary N) is 1. The van der Waals surface area contributed by atoms with E-state index in [-0.39, 0.29) is 11.7 Å². The maximum Gasteiger partial charge on any atom is 0.235 e. The first-order valence-electron chi connectivity index (χ1n) is 8.03. The van der Waals surface area contributed by atoms with Crippen LogP contribution in [0.2, 0.25) is 0 Å². The fourth-order valence-electron chi connectivity index (χ4n) is 2.49. The molecule has 0 spiro atoms. The quantitative estimate of drug-likeness (QED) is 0.652. The number of thioether (sulfide) groups is 1. The number of aromatic nitrogens is 3. The van der Waals surface area contributed by atoms with Crippen molar-refractivity contribution in [3.8, 4) is 17.5 Å². The van der Waals surface area contributed by atoms with Crippen LogP contribution in [0, 0.1) is 18.3 Å². The molecule has 0 saturated heterocycles. The fourth-order valence-corrected chi connectivity index (χ4v) is 4.05. The lowest BCUT2D eigenvalue weighted by atomic mass is 10.1. The standard InChI is InChI=1S/C18H17N5OS2/c1-3-23-16(14-7-5-4-6-12(14)2)21-22-18(23)26-11-15(24)20-17-13(10-19)8-9-25-17/h4-9H,3,11H2,1-2H3,(H,20,24). The third-order valence-corrected chi connectivity index (χ3v) is 5.59. The molecule has 0 aliphatic carbocycles. The van der Waals surface area contributed by atoms with Crippen molar-refractivity contribution >= 4 is 34.0 Å². The zero-order valence-corrected chi connectivity index (χ0v) is 16.0. The zero-order chi connectivity index (χ0) is 18.5. The highest BCUT2D eigenvalue weighted by atomic mass is 32.2. The second-order valence-electron chi connectivity index (χ2n) is 5.48. The minimum Gasteiger partial charge on any atom is -0.316 e. The Morgan fingerprint density at radius 3 is 2.88 bits per heavy atom. The number of hydrogen-bond donors (Lipinski definition) is 1. The van der Waals surface area contributed by atoms with Crippen molar-refractivity contribution in [1.29, 1.82) is 5.26 Å². The monoisotopic (exact) mass is 383 g/mol. The van der Waals surface area contributed by atoms with Crippen molar-refractivity contribution < 1.29 is 4.79 Å². The van der Waals surface area contributed by atoms with Gasteiger partial charge in [0.1, 0.15) is 11.1 Å². The van der Waals surface area contributed by atoms with Crippen LogP contribution in [-0.2, 0) is 11.3 Å². The summed E-state index contributed by atoms with van der Waals surface area (Å²) >= 11 is 2.67. The molecule has 0 unspecified atom stereocenters. The molecule has 2 heterocycles. The number of rotatable bonds is 6. The smallest absolute Gasteiger partial charge is 0.235 e. The van der Waals surface area contributed by atoms with E-state index in [4.69, 9.17) is 5.26 Å². The molecule has 0 atom stereocenters. The summed E-state index contributed by atoms with van der Waals surface area (Å²) in [4.78, 5) is 12.2. The van der Waals surface area contributed by atoms with E-state index < -0.39 is 0 Å². The van der Waals surface area contributed by atoms with Gasteiger partial charge in [-0.15, -0.1) is 21.5 Å². The van der Waals surface area contributed by atoms with E-state index in [9.17, 15) is 4.79 Å². The molecule has 0 radical (unpaired) electrons. The third kappa shape index (κ3) is 3.79. The Bertz CT molecular complexity index is 970. The van der Waals surface area contributed by atoms with E-state index in [0.717, 1.165) is 17.0 Å². The van der Waals surface area contributed by atoms with Gasteiger partial charge in [0.25, 0.3) is 0 Å². The predicted octanol–water partition coefficient (Wildman–Crippen LogP) is 3.94. The molecule has 8 heteroatoms. The van der Waals surface area contributed by atoms with Gasteiger partial charge in [0.15, 0.2) is 11.0 Å². The Balaban J connectivity index is 1.72. The predicted molar refractivity (Wildman–Crippen MR) is 104 cm³/mol. The van der Waals surface area contributed by atoms with Crippen molar-refractivity contribution in [2.45, 2.75) is 25.5 Å². The number of nitriles is 1. The molecule has 6 nitrogen and oxygen atoms in total. The van der Waals surface area contributed by atoms with Crippen molar-refractivity contribution in [3.05, 3.63) is 46.8 Å². The van der Waals surface area contributed by atoms with Crippen LogP contribution < -0.4 is 5.32 Å². The topological polar surface area (TPSA) is 83.6 Å². The van der Waals surface area contributed by atoms with Gasteiger partial charge in [0, 0.05) is 12.1 Å². The van der Waals surface area contributed by atoms with Crippen LogP contribution in [0.3, 0.4) is 0 Å². The molecule has 1 amide bonds. The molecular formula is C18H17N5OS2. The lowest BCUT2D eigenvalue weighted by molar-refractivity contribution is -0.113. The third-order valence-electron chi connectivity index (χ3n) is 3.79. The number of amides is 1. The summed E-state index contributed by atoms with van der Waals surface area (Å²) < 4.78 is 2.01. The largest absolute Gasteiger partial charge is 0.316 e. The number of thiophene rings is 1. The average Bonchev–Trinajstić information content (AvgIpc) is 3.26. The minimum atomic E-state index is -0.169. The molecule has 0 aliphatic heterocycles. The van der Waals surface area contributed by atoms with Gasteiger partial charge in [-0.05, 0) is 30.9 Å². The van der Waals surface area contributed by atoms with Crippen LogP contribution in [0.5, 0.6) is 0 Å².